The van der Waals surface area contributed by atoms with Crippen LogP contribution in [0.2, 0.25) is 0 Å². The van der Waals surface area contributed by atoms with Gasteiger partial charge in [-0.3, -0.25) is 0 Å². The van der Waals surface area contributed by atoms with E-state index in [1.807, 2.05) is 11.0 Å². The topological polar surface area (TPSA) is 32.3 Å². The van der Waals surface area contributed by atoms with Gasteiger partial charge in [0, 0.05) is 24.5 Å². The Bertz CT molecular complexity index is 461. The number of nitrogens with one attached hydrogen (secondary N) is 1. The lowest BCUT2D eigenvalue weighted by atomic mass is 9.78. The number of urea groups is 1. The lowest BCUT2D eigenvalue weighted by Crippen LogP contribution is -2.52. The van der Waals surface area contributed by atoms with Crippen LogP contribution in [0.3, 0.4) is 0 Å². The number of hydrogen-bond donors (Lipinski definition) is 1. The number of carbonyl (C=O) groups is 1. The summed E-state index contributed by atoms with van der Waals surface area (Å²) in [6.07, 6.45) is 2.23. The first-order valence-corrected chi connectivity index (χ1v) is 8.02. The molecule has 1 fully saturated rings. The zero-order chi connectivity index (χ0) is 15.5. The molecular formula is C18H28N2O. The van der Waals surface area contributed by atoms with Crippen LogP contribution in [-0.2, 0) is 5.41 Å². The zero-order valence-electron chi connectivity index (χ0n) is 13.7. The molecule has 1 aliphatic heterocycles. The minimum Gasteiger partial charge on any atom is -0.335 e. The van der Waals surface area contributed by atoms with E-state index in [2.05, 4.69) is 57.3 Å². The van der Waals surface area contributed by atoms with Gasteiger partial charge in [0.15, 0.2) is 0 Å². The summed E-state index contributed by atoms with van der Waals surface area (Å²) in [6, 6.07) is 10.6. The zero-order valence-corrected chi connectivity index (χ0v) is 13.7. The summed E-state index contributed by atoms with van der Waals surface area (Å²) in [4.78, 5) is 14.4. The van der Waals surface area contributed by atoms with Gasteiger partial charge in [0.2, 0.25) is 0 Å². The van der Waals surface area contributed by atoms with Gasteiger partial charge < -0.3 is 10.2 Å². The van der Waals surface area contributed by atoms with Crippen molar-refractivity contribution < 1.29 is 4.79 Å². The molecule has 0 aromatic heterocycles. The highest BCUT2D eigenvalue weighted by molar-refractivity contribution is 5.74. The second-order valence-corrected chi connectivity index (χ2v) is 6.93. The van der Waals surface area contributed by atoms with E-state index in [1.165, 1.54) is 5.56 Å². The summed E-state index contributed by atoms with van der Waals surface area (Å²) >= 11 is 0. The van der Waals surface area contributed by atoms with Crippen molar-refractivity contribution in [2.75, 3.05) is 13.1 Å². The number of benzene rings is 1. The Morgan fingerprint density at radius 2 is 1.81 bits per heavy atom. The SMILES string of the molecule is CC1CCN(C(=O)NC(C)C(C)(C)c2ccccc2)CC1. The second-order valence-electron chi connectivity index (χ2n) is 6.93. The standard InChI is InChI=1S/C18H28N2O/c1-14-10-12-20(13-11-14)17(21)19-15(2)18(3,4)16-8-6-5-7-9-16/h5-9,14-15H,10-13H2,1-4H3,(H,19,21). The predicted octanol–water partition coefficient (Wildman–Crippen LogP) is 3.79. The maximum absolute atomic E-state index is 12.4. The van der Waals surface area contributed by atoms with Crippen molar-refractivity contribution in [1.29, 1.82) is 0 Å². The van der Waals surface area contributed by atoms with Crippen molar-refractivity contribution in [1.82, 2.24) is 10.2 Å². The molecule has 3 heteroatoms. The smallest absolute Gasteiger partial charge is 0.317 e. The second kappa shape index (κ2) is 6.50. The highest BCUT2D eigenvalue weighted by atomic mass is 16.2. The molecule has 0 radical (unpaired) electrons. The average Bonchev–Trinajstić information content (AvgIpc) is 2.48. The first kappa shape index (κ1) is 15.9. The van der Waals surface area contributed by atoms with Crippen LogP contribution in [0.1, 0.15) is 46.1 Å². The van der Waals surface area contributed by atoms with E-state index in [9.17, 15) is 4.79 Å². The first-order chi connectivity index (χ1) is 9.91. The first-order valence-electron chi connectivity index (χ1n) is 8.02. The van der Waals surface area contributed by atoms with Crippen molar-refractivity contribution in [3.8, 4) is 0 Å². The van der Waals surface area contributed by atoms with Crippen molar-refractivity contribution >= 4 is 6.03 Å². The Kier molecular flexibility index (Phi) is 4.92. The molecule has 1 atom stereocenters. The Balaban J connectivity index is 1.97. The summed E-state index contributed by atoms with van der Waals surface area (Å²) < 4.78 is 0. The largest absolute Gasteiger partial charge is 0.335 e. The van der Waals surface area contributed by atoms with Crippen LogP contribution in [0, 0.1) is 5.92 Å². The summed E-state index contributed by atoms with van der Waals surface area (Å²) in [6.45, 7) is 10.5. The van der Waals surface area contributed by atoms with Gasteiger partial charge in [0.05, 0.1) is 0 Å². The van der Waals surface area contributed by atoms with Crippen LogP contribution < -0.4 is 5.32 Å². The molecule has 0 bridgehead atoms. The van der Waals surface area contributed by atoms with E-state index >= 15 is 0 Å². The fourth-order valence-electron chi connectivity index (χ4n) is 2.79. The van der Waals surface area contributed by atoms with E-state index in [4.69, 9.17) is 0 Å². The van der Waals surface area contributed by atoms with Crippen LogP contribution in [0.15, 0.2) is 30.3 Å². The highest BCUT2D eigenvalue weighted by Gasteiger charge is 2.30. The molecule has 1 N–H and O–H groups in total. The van der Waals surface area contributed by atoms with Gasteiger partial charge >= 0.3 is 6.03 Å². The summed E-state index contributed by atoms with van der Waals surface area (Å²) in [7, 11) is 0. The molecule has 1 saturated heterocycles. The molecule has 1 unspecified atom stereocenters. The van der Waals surface area contributed by atoms with E-state index in [1.54, 1.807) is 0 Å². The number of likely N-dealkylation sites (tertiary alicyclic amines) is 1. The lowest BCUT2D eigenvalue weighted by molar-refractivity contribution is 0.166. The Hall–Kier alpha value is -1.51. The normalized spacial score (nSPS) is 18.4. The van der Waals surface area contributed by atoms with Gasteiger partial charge in [-0.25, -0.2) is 4.79 Å². The molecular weight excluding hydrogens is 260 g/mol. The van der Waals surface area contributed by atoms with Crippen molar-refractivity contribution in [3.63, 3.8) is 0 Å². The van der Waals surface area contributed by atoms with Gasteiger partial charge in [0.25, 0.3) is 0 Å². The number of amides is 2. The highest BCUT2D eigenvalue weighted by Crippen LogP contribution is 2.27. The molecule has 1 heterocycles. The quantitative estimate of drug-likeness (QED) is 0.901. The Morgan fingerprint density at radius 3 is 2.38 bits per heavy atom. The molecule has 1 aromatic carbocycles. The van der Waals surface area contributed by atoms with Crippen LogP contribution in [0.5, 0.6) is 0 Å². The Labute approximate surface area is 128 Å². The van der Waals surface area contributed by atoms with E-state index < -0.39 is 0 Å². The predicted molar refractivity (Wildman–Crippen MR) is 87.4 cm³/mol. The average molecular weight is 288 g/mol. The number of rotatable bonds is 3. The third-order valence-corrected chi connectivity index (χ3v) is 5.01. The maximum Gasteiger partial charge on any atom is 0.317 e. The van der Waals surface area contributed by atoms with E-state index in [-0.39, 0.29) is 17.5 Å². The van der Waals surface area contributed by atoms with Crippen LogP contribution >= 0.6 is 0 Å². The van der Waals surface area contributed by atoms with Gasteiger partial charge in [-0.2, -0.15) is 0 Å². The number of hydrogen-bond acceptors (Lipinski definition) is 1. The monoisotopic (exact) mass is 288 g/mol. The summed E-state index contributed by atoms with van der Waals surface area (Å²) in [5.41, 5.74) is 1.17. The molecule has 1 aliphatic rings. The van der Waals surface area contributed by atoms with Gasteiger partial charge in [0.1, 0.15) is 0 Å². The van der Waals surface area contributed by atoms with Gasteiger partial charge in [-0.15, -0.1) is 0 Å². The maximum atomic E-state index is 12.4. The minimum atomic E-state index is -0.0833. The van der Waals surface area contributed by atoms with Crippen LogP contribution in [0.25, 0.3) is 0 Å². The summed E-state index contributed by atoms with van der Waals surface area (Å²) in [5.74, 6) is 0.743. The molecule has 2 rings (SSSR count). The molecule has 3 nitrogen and oxygen atoms in total. The van der Waals surface area contributed by atoms with E-state index in [0.717, 1.165) is 31.8 Å². The third kappa shape index (κ3) is 3.78. The molecule has 2 amide bonds. The van der Waals surface area contributed by atoms with Crippen molar-refractivity contribution in [3.05, 3.63) is 35.9 Å². The van der Waals surface area contributed by atoms with Crippen molar-refractivity contribution in [2.45, 2.75) is 52.0 Å². The molecule has 1 aromatic rings. The lowest BCUT2D eigenvalue weighted by Gasteiger charge is -2.36. The number of piperidine rings is 1. The molecule has 116 valence electrons. The molecule has 21 heavy (non-hydrogen) atoms. The van der Waals surface area contributed by atoms with Gasteiger partial charge in [-0.1, -0.05) is 51.1 Å². The fourth-order valence-corrected chi connectivity index (χ4v) is 2.79. The van der Waals surface area contributed by atoms with Crippen LogP contribution in [0.4, 0.5) is 4.79 Å². The Morgan fingerprint density at radius 1 is 1.24 bits per heavy atom. The third-order valence-electron chi connectivity index (χ3n) is 5.01. The molecule has 0 aliphatic carbocycles. The van der Waals surface area contributed by atoms with Crippen LogP contribution in [-0.4, -0.2) is 30.1 Å². The number of nitrogens with zero attached hydrogens (tertiary/aromatic N) is 1. The van der Waals surface area contributed by atoms with Crippen molar-refractivity contribution in [2.24, 2.45) is 5.92 Å². The molecule has 0 spiro atoms. The minimum absolute atomic E-state index is 0.0819. The number of carbonyl (C=O) groups excluding carboxylic acids is 1. The fraction of sp³-hybridized carbons (Fsp3) is 0.611. The van der Waals surface area contributed by atoms with Gasteiger partial charge in [-0.05, 0) is 31.2 Å². The van der Waals surface area contributed by atoms with E-state index in [0.29, 0.717) is 0 Å². The summed E-state index contributed by atoms with van der Waals surface area (Å²) in [5, 5.41) is 3.19. The molecule has 0 saturated carbocycles.